The Balaban J connectivity index is 1.84. The monoisotopic (exact) mass is 366 g/mol. The van der Waals surface area contributed by atoms with E-state index in [1.807, 2.05) is 42.1 Å². The van der Waals surface area contributed by atoms with E-state index in [2.05, 4.69) is 16.4 Å². The van der Waals surface area contributed by atoms with Crippen molar-refractivity contribution in [2.45, 2.75) is 0 Å². The van der Waals surface area contributed by atoms with Crippen LogP contribution in [0, 0.1) is 11.3 Å². The van der Waals surface area contributed by atoms with Gasteiger partial charge in [0.2, 0.25) is 0 Å². The van der Waals surface area contributed by atoms with Gasteiger partial charge in [-0.2, -0.15) is 5.26 Å². The summed E-state index contributed by atoms with van der Waals surface area (Å²) in [4.78, 5) is 28.6. The van der Waals surface area contributed by atoms with Crippen LogP contribution in [0.5, 0.6) is 0 Å². The number of nitriles is 1. The molecule has 2 aromatic carbocycles. The molecule has 2 N–H and O–H groups in total. The van der Waals surface area contributed by atoms with Crippen LogP contribution in [0.4, 0.5) is 0 Å². The zero-order chi connectivity index (χ0) is 19.4. The number of hydrogen-bond donors (Lipinski definition) is 2. The number of fused-ring (bicyclic) bond motifs is 2. The molecule has 0 atom stereocenters. The van der Waals surface area contributed by atoms with Crippen LogP contribution < -0.4 is 5.32 Å². The molecule has 0 radical (unpaired) electrons. The average Bonchev–Trinajstić information content (AvgIpc) is 3.36. The van der Waals surface area contributed by atoms with Crippen LogP contribution in [0.2, 0.25) is 0 Å². The van der Waals surface area contributed by atoms with Crippen molar-refractivity contribution in [3.05, 3.63) is 71.5 Å². The Labute approximate surface area is 159 Å². The summed E-state index contributed by atoms with van der Waals surface area (Å²) in [5.74, 6) is -0.826. The molecular weight excluding hydrogens is 352 g/mol. The Morgan fingerprint density at radius 3 is 2.57 bits per heavy atom. The third-order valence-electron chi connectivity index (χ3n) is 5.18. The van der Waals surface area contributed by atoms with E-state index in [4.69, 9.17) is 5.26 Å². The summed E-state index contributed by atoms with van der Waals surface area (Å²) >= 11 is 0. The number of benzene rings is 2. The molecule has 1 aliphatic heterocycles. The number of amides is 2. The zero-order valence-corrected chi connectivity index (χ0v) is 14.9. The van der Waals surface area contributed by atoms with E-state index >= 15 is 0 Å². The molecular formula is C22H14N4O2. The lowest BCUT2D eigenvalue weighted by molar-refractivity contribution is -0.122. The second kappa shape index (κ2) is 5.69. The second-order valence-corrected chi connectivity index (χ2v) is 6.78. The Morgan fingerprint density at radius 2 is 1.79 bits per heavy atom. The predicted molar refractivity (Wildman–Crippen MR) is 106 cm³/mol. The minimum Gasteiger partial charge on any atom is -0.361 e. The number of hydrogen-bond acceptors (Lipinski definition) is 3. The number of imide groups is 1. The SMILES string of the molecule is Cn1ccc2cccc(C3=C(c4c[nH]c5cc(C#N)ccc45)C(=O)NC3=O)c21. The van der Waals surface area contributed by atoms with Crippen LogP contribution in [0.1, 0.15) is 16.7 Å². The fourth-order valence-corrected chi connectivity index (χ4v) is 3.93. The van der Waals surface area contributed by atoms with E-state index in [1.54, 1.807) is 24.4 Å². The van der Waals surface area contributed by atoms with E-state index in [0.717, 1.165) is 21.8 Å². The van der Waals surface area contributed by atoms with Crippen molar-refractivity contribution < 1.29 is 9.59 Å². The number of carbonyl (C=O) groups excluding carboxylic acids is 2. The van der Waals surface area contributed by atoms with Crippen molar-refractivity contribution in [1.29, 1.82) is 5.26 Å². The predicted octanol–water partition coefficient (Wildman–Crippen LogP) is 3.10. The molecule has 0 fully saturated rings. The van der Waals surface area contributed by atoms with Gasteiger partial charge in [-0.3, -0.25) is 14.9 Å². The highest BCUT2D eigenvalue weighted by atomic mass is 16.2. The summed E-state index contributed by atoms with van der Waals surface area (Å²) in [6, 6.07) is 15.0. The first kappa shape index (κ1) is 16.1. The molecule has 0 bridgehead atoms. The maximum atomic E-state index is 12.8. The van der Waals surface area contributed by atoms with Crippen molar-refractivity contribution in [1.82, 2.24) is 14.9 Å². The number of para-hydroxylation sites is 1. The highest BCUT2D eigenvalue weighted by Crippen LogP contribution is 2.37. The van der Waals surface area contributed by atoms with Crippen LogP contribution in [-0.4, -0.2) is 21.4 Å². The maximum absolute atomic E-state index is 12.8. The highest BCUT2D eigenvalue weighted by Gasteiger charge is 2.34. The third-order valence-corrected chi connectivity index (χ3v) is 5.18. The number of aromatic nitrogens is 2. The summed E-state index contributed by atoms with van der Waals surface area (Å²) in [6.45, 7) is 0. The average molecular weight is 366 g/mol. The summed E-state index contributed by atoms with van der Waals surface area (Å²) in [5.41, 5.74) is 4.22. The molecule has 2 amide bonds. The van der Waals surface area contributed by atoms with Crippen LogP contribution in [0.15, 0.2) is 54.9 Å². The number of rotatable bonds is 2. The Kier molecular flexibility index (Phi) is 3.27. The molecule has 0 saturated carbocycles. The second-order valence-electron chi connectivity index (χ2n) is 6.78. The van der Waals surface area contributed by atoms with Gasteiger partial charge in [-0.25, -0.2) is 0 Å². The van der Waals surface area contributed by atoms with Crippen molar-refractivity contribution in [3.8, 4) is 6.07 Å². The van der Waals surface area contributed by atoms with E-state index in [-0.39, 0.29) is 0 Å². The van der Waals surface area contributed by atoms with E-state index in [9.17, 15) is 9.59 Å². The number of carbonyl (C=O) groups is 2. The summed E-state index contributed by atoms with van der Waals surface area (Å²) in [6.07, 6.45) is 3.64. The lowest BCUT2D eigenvalue weighted by atomic mass is 9.94. The maximum Gasteiger partial charge on any atom is 0.259 e. The molecule has 5 rings (SSSR count). The largest absolute Gasteiger partial charge is 0.361 e. The van der Waals surface area contributed by atoms with Crippen molar-refractivity contribution in [3.63, 3.8) is 0 Å². The minimum absolute atomic E-state index is 0.342. The molecule has 3 heterocycles. The Morgan fingerprint density at radius 1 is 1.00 bits per heavy atom. The van der Waals surface area contributed by atoms with Crippen molar-refractivity contribution in [2.24, 2.45) is 7.05 Å². The van der Waals surface area contributed by atoms with Crippen molar-refractivity contribution >= 4 is 44.8 Å². The number of aryl methyl sites for hydroxylation is 1. The summed E-state index contributed by atoms with van der Waals surface area (Å²) < 4.78 is 1.94. The molecule has 0 aliphatic carbocycles. The van der Waals surface area contributed by atoms with Gasteiger partial charge in [-0.05, 0) is 18.2 Å². The van der Waals surface area contributed by atoms with Crippen LogP contribution >= 0.6 is 0 Å². The number of nitrogens with one attached hydrogen (secondary N) is 2. The standard InChI is InChI=1S/C22H14N4O2/c1-26-8-7-13-3-2-4-15(20(13)26)18-19(22(28)25-21(18)27)16-11-24-17-9-12(10-23)5-6-14(16)17/h2-9,11,24H,1H3,(H,25,27,28). The quantitative estimate of drug-likeness (QED) is 0.534. The lowest BCUT2D eigenvalue weighted by Crippen LogP contribution is -2.22. The molecule has 2 aromatic heterocycles. The van der Waals surface area contributed by atoms with Crippen LogP contribution in [-0.2, 0) is 16.6 Å². The van der Waals surface area contributed by atoms with Gasteiger partial charge in [0.05, 0.1) is 28.3 Å². The molecule has 6 nitrogen and oxygen atoms in total. The van der Waals surface area contributed by atoms with Crippen molar-refractivity contribution in [2.75, 3.05) is 0 Å². The van der Waals surface area contributed by atoms with Gasteiger partial charge in [0.1, 0.15) is 0 Å². The zero-order valence-electron chi connectivity index (χ0n) is 14.9. The molecule has 4 aromatic rings. The fourth-order valence-electron chi connectivity index (χ4n) is 3.93. The van der Waals surface area contributed by atoms with Gasteiger partial charge in [-0.15, -0.1) is 0 Å². The lowest BCUT2D eigenvalue weighted by Gasteiger charge is -2.08. The Bertz CT molecular complexity index is 1400. The minimum atomic E-state index is -0.420. The molecule has 1 aliphatic rings. The molecule has 6 heteroatoms. The van der Waals surface area contributed by atoms with E-state index in [0.29, 0.717) is 27.8 Å². The highest BCUT2D eigenvalue weighted by molar-refractivity contribution is 6.50. The first-order valence-electron chi connectivity index (χ1n) is 8.74. The van der Waals surface area contributed by atoms with E-state index in [1.165, 1.54) is 0 Å². The third kappa shape index (κ3) is 2.14. The molecule has 134 valence electrons. The number of H-pyrrole nitrogens is 1. The smallest absolute Gasteiger partial charge is 0.259 e. The molecule has 0 saturated heterocycles. The number of aromatic amines is 1. The molecule has 28 heavy (non-hydrogen) atoms. The Hall–Kier alpha value is -4.11. The molecule has 0 unspecified atom stereocenters. The van der Waals surface area contributed by atoms with Gasteiger partial charge >= 0.3 is 0 Å². The number of nitrogens with zero attached hydrogens (tertiary/aromatic N) is 2. The van der Waals surface area contributed by atoms with Gasteiger partial charge in [0.15, 0.2) is 0 Å². The van der Waals surface area contributed by atoms with E-state index < -0.39 is 11.8 Å². The van der Waals surface area contributed by atoms with Crippen LogP contribution in [0.3, 0.4) is 0 Å². The first-order valence-corrected chi connectivity index (χ1v) is 8.74. The van der Waals surface area contributed by atoms with Gasteiger partial charge in [0.25, 0.3) is 11.8 Å². The normalized spacial score (nSPS) is 14.1. The fraction of sp³-hybridized carbons (Fsp3) is 0.0455. The van der Waals surface area contributed by atoms with Gasteiger partial charge in [0, 0.05) is 46.9 Å². The topological polar surface area (TPSA) is 90.7 Å². The van der Waals surface area contributed by atoms with Gasteiger partial charge in [-0.1, -0.05) is 24.3 Å². The first-order chi connectivity index (χ1) is 13.6. The van der Waals surface area contributed by atoms with Gasteiger partial charge < -0.3 is 9.55 Å². The van der Waals surface area contributed by atoms with Crippen LogP contribution in [0.25, 0.3) is 33.0 Å². The summed E-state index contributed by atoms with van der Waals surface area (Å²) in [7, 11) is 1.91. The summed E-state index contributed by atoms with van der Waals surface area (Å²) in [5, 5.41) is 13.3. The molecule has 0 spiro atoms.